The van der Waals surface area contributed by atoms with E-state index in [1.807, 2.05) is 0 Å². The maximum atomic E-state index is 13.7. The molecule has 0 atom stereocenters. The van der Waals surface area contributed by atoms with Crippen molar-refractivity contribution in [3.63, 3.8) is 0 Å². The molecule has 0 radical (unpaired) electrons. The molecule has 1 aliphatic rings. The molecule has 0 aliphatic heterocycles. The summed E-state index contributed by atoms with van der Waals surface area (Å²) in [4.78, 5) is 28.1. The number of benzene rings is 1. The van der Waals surface area contributed by atoms with Gasteiger partial charge in [-0.15, -0.1) is 13.2 Å². The van der Waals surface area contributed by atoms with Crippen LogP contribution in [-0.2, 0) is 14.3 Å². The predicted octanol–water partition coefficient (Wildman–Crippen LogP) is 3.35. The lowest BCUT2D eigenvalue weighted by Gasteiger charge is -2.34. The van der Waals surface area contributed by atoms with Crippen molar-refractivity contribution >= 4 is 22.7 Å². The van der Waals surface area contributed by atoms with Gasteiger partial charge in [-0.25, -0.2) is 13.8 Å². The summed E-state index contributed by atoms with van der Waals surface area (Å²) in [6.45, 7) is 3.49. The van der Waals surface area contributed by atoms with Crippen molar-refractivity contribution in [1.82, 2.24) is 15.6 Å². The smallest absolute Gasteiger partial charge is 0.368 e. The first-order valence-corrected chi connectivity index (χ1v) is 9.88. The highest BCUT2D eigenvalue weighted by molar-refractivity contribution is 5.95. The van der Waals surface area contributed by atoms with Gasteiger partial charge in [0.15, 0.2) is 11.6 Å². The summed E-state index contributed by atoms with van der Waals surface area (Å²) in [6, 6.07) is 4.66. The van der Waals surface area contributed by atoms with Gasteiger partial charge < -0.3 is 15.4 Å². The first kappa shape index (κ1) is 24.5. The van der Waals surface area contributed by atoms with E-state index in [4.69, 9.17) is 4.74 Å². The zero-order valence-corrected chi connectivity index (χ0v) is 17.2. The zero-order valence-electron chi connectivity index (χ0n) is 17.2. The van der Waals surface area contributed by atoms with Gasteiger partial charge in [0.25, 0.3) is 5.91 Å². The van der Waals surface area contributed by atoms with Crippen LogP contribution in [0.1, 0.15) is 29.8 Å². The molecule has 7 nitrogen and oxygen atoms in total. The van der Waals surface area contributed by atoms with Crippen molar-refractivity contribution in [1.29, 1.82) is 0 Å². The van der Waals surface area contributed by atoms with E-state index in [1.165, 1.54) is 18.2 Å². The number of alkyl halides is 3. The summed E-state index contributed by atoms with van der Waals surface area (Å²) in [5.41, 5.74) is 0.363. The van der Waals surface area contributed by atoms with Crippen LogP contribution in [0, 0.1) is 11.6 Å². The molecule has 1 aromatic carbocycles. The molecule has 1 aliphatic carbocycles. The highest BCUT2D eigenvalue weighted by atomic mass is 19.4. The van der Waals surface area contributed by atoms with Crippen LogP contribution >= 0.6 is 0 Å². The van der Waals surface area contributed by atoms with Crippen LogP contribution in [0.5, 0.6) is 0 Å². The number of aromatic nitrogens is 1. The van der Waals surface area contributed by atoms with E-state index < -0.39 is 42.0 Å². The average Bonchev–Trinajstić information content (AvgIpc) is 2.71. The Labute approximate surface area is 184 Å². The molecule has 2 aromatic rings. The van der Waals surface area contributed by atoms with Gasteiger partial charge in [-0.05, 0) is 24.3 Å². The van der Waals surface area contributed by atoms with E-state index >= 15 is 0 Å². The van der Waals surface area contributed by atoms with E-state index in [-0.39, 0.29) is 54.7 Å². The largest absolute Gasteiger partial charge is 0.522 e. The van der Waals surface area contributed by atoms with Gasteiger partial charge in [-0.2, -0.15) is 0 Å². The summed E-state index contributed by atoms with van der Waals surface area (Å²) in [7, 11) is 0. The van der Waals surface area contributed by atoms with Crippen molar-refractivity contribution < 1.29 is 41.0 Å². The minimum atomic E-state index is -4.69. The monoisotopic (exact) mass is 473 g/mol. The lowest BCUT2D eigenvalue weighted by molar-refractivity contribution is -0.357. The minimum absolute atomic E-state index is 0.0274. The zero-order chi connectivity index (χ0) is 24.2. The third-order valence-corrected chi connectivity index (χ3v) is 4.83. The van der Waals surface area contributed by atoms with Crippen LogP contribution in [-0.4, -0.2) is 48.5 Å². The van der Waals surface area contributed by atoms with E-state index in [1.54, 1.807) is 0 Å². The molecule has 12 heteroatoms. The molecule has 0 spiro atoms. The molecule has 2 N–H and O–H groups in total. The molecule has 0 saturated heterocycles. The summed E-state index contributed by atoms with van der Waals surface area (Å²) in [5, 5.41) is 4.98. The number of halogens is 5. The standard InChI is InChI=1S/C21H20F5N3O4/c1-11(6-7-27-18(30)10-32-12-8-13(9-12)33-21(24,25)26)28-20(31)17-4-2-14-16(29-17)5-3-15(22)19(14)23/h2-5,12-13H,1,6-10H2,(H,27,30)(H,28,31)/t12-,13+. The Kier molecular flexibility index (Phi) is 7.59. The third-order valence-electron chi connectivity index (χ3n) is 4.83. The highest BCUT2D eigenvalue weighted by Gasteiger charge is 2.40. The lowest BCUT2D eigenvalue weighted by Crippen LogP contribution is -2.42. The predicted molar refractivity (Wildman–Crippen MR) is 106 cm³/mol. The normalized spacial score (nSPS) is 18.0. The Balaban J connectivity index is 1.35. The van der Waals surface area contributed by atoms with E-state index in [9.17, 15) is 31.5 Å². The summed E-state index contributed by atoms with van der Waals surface area (Å²) < 4.78 is 72.2. The second-order valence-electron chi connectivity index (χ2n) is 7.37. The van der Waals surface area contributed by atoms with Gasteiger partial charge in [-0.1, -0.05) is 6.58 Å². The molecule has 1 heterocycles. The number of hydrogen-bond donors (Lipinski definition) is 2. The summed E-state index contributed by atoms with van der Waals surface area (Å²) >= 11 is 0. The van der Waals surface area contributed by atoms with Crippen LogP contribution in [0.4, 0.5) is 22.0 Å². The Morgan fingerprint density at radius 3 is 2.55 bits per heavy atom. The van der Waals surface area contributed by atoms with Crippen LogP contribution in [0.15, 0.2) is 36.5 Å². The maximum Gasteiger partial charge on any atom is 0.522 e. The summed E-state index contributed by atoms with van der Waals surface area (Å²) in [5.74, 6) is -3.15. The molecule has 3 rings (SSSR count). The minimum Gasteiger partial charge on any atom is -0.368 e. The molecule has 178 valence electrons. The molecule has 33 heavy (non-hydrogen) atoms. The fourth-order valence-corrected chi connectivity index (χ4v) is 3.09. The number of pyridine rings is 1. The lowest BCUT2D eigenvalue weighted by atomic mass is 9.92. The van der Waals surface area contributed by atoms with Gasteiger partial charge in [0, 0.05) is 36.9 Å². The number of fused-ring (bicyclic) bond motifs is 1. The fourth-order valence-electron chi connectivity index (χ4n) is 3.09. The molecular weight excluding hydrogens is 453 g/mol. The number of hydrogen-bond acceptors (Lipinski definition) is 5. The number of nitrogens with zero attached hydrogens (tertiary/aromatic N) is 1. The topological polar surface area (TPSA) is 89.5 Å². The Morgan fingerprint density at radius 2 is 1.85 bits per heavy atom. The third kappa shape index (κ3) is 6.93. The molecule has 1 saturated carbocycles. The molecule has 1 fully saturated rings. The SMILES string of the molecule is C=C(CCNC(=O)CO[C@H]1C[C@@H](OC(F)(F)F)C1)NC(=O)c1ccc2c(F)c(F)ccc2n1. The number of rotatable bonds is 9. The van der Waals surface area contributed by atoms with E-state index in [2.05, 4.69) is 26.9 Å². The maximum absolute atomic E-state index is 13.7. The Bertz CT molecular complexity index is 1050. The van der Waals surface area contributed by atoms with E-state index in [0.717, 1.165) is 6.07 Å². The molecule has 2 amide bonds. The first-order valence-electron chi connectivity index (χ1n) is 9.88. The van der Waals surface area contributed by atoms with Crippen LogP contribution in [0.2, 0.25) is 0 Å². The van der Waals surface area contributed by atoms with Crippen molar-refractivity contribution in [3.05, 3.63) is 53.9 Å². The molecular formula is C21H20F5N3O4. The van der Waals surface area contributed by atoms with Gasteiger partial charge in [-0.3, -0.25) is 14.3 Å². The van der Waals surface area contributed by atoms with Crippen molar-refractivity contribution in [2.24, 2.45) is 0 Å². The summed E-state index contributed by atoms with van der Waals surface area (Å²) in [6.07, 6.45) is -5.82. The van der Waals surface area contributed by atoms with Crippen LogP contribution < -0.4 is 10.6 Å². The van der Waals surface area contributed by atoms with Crippen LogP contribution in [0.3, 0.4) is 0 Å². The Hall–Kier alpha value is -3.12. The number of carbonyl (C=O) groups is 2. The number of nitrogens with one attached hydrogen (secondary N) is 2. The number of carbonyl (C=O) groups excluding carboxylic acids is 2. The molecule has 0 bridgehead atoms. The van der Waals surface area contributed by atoms with Gasteiger partial charge in [0.2, 0.25) is 5.91 Å². The first-order chi connectivity index (χ1) is 15.5. The van der Waals surface area contributed by atoms with E-state index in [0.29, 0.717) is 0 Å². The van der Waals surface area contributed by atoms with Gasteiger partial charge >= 0.3 is 6.36 Å². The number of ether oxygens (including phenoxy) is 2. The Morgan fingerprint density at radius 1 is 1.12 bits per heavy atom. The quantitative estimate of drug-likeness (QED) is 0.546. The molecule has 0 unspecified atom stereocenters. The van der Waals surface area contributed by atoms with Crippen LogP contribution in [0.25, 0.3) is 10.9 Å². The highest BCUT2D eigenvalue weighted by Crippen LogP contribution is 2.32. The fraction of sp³-hybridized carbons (Fsp3) is 0.381. The van der Waals surface area contributed by atoms with Crippen molar-refractivity contribution in [2.45, 2.75) is 37.8 Å². The van der Waals surface area contributed by atoms with Crippen molar-refractivity contribution in [3.8, 4) is 0 Å². The molecule has 1 aromatic heterocycles. The van der Waals surface area contributed by atoms with Crippen molar-refractivity contribution in [2.75, 3.05) is 13.2 Å². The van der Waals surface area contributed by atoms with Gasteiger partial charge in [0.1, 0.15) is 12.3 Å². The number of amides is 2. The average molecular weight is 473 g/mol. The van der Waals surface area contributed by atoms with Gasteiger partial charge in [0.05, 0.1) is 17.7 Å². The second-order valence-corrected chi connectivity index (χ2v) is 7.37. The second kappa shape index (κ2) is 10.2.